The van der Waals surface area contributed by atoms with Gasteiger partial charge in [-0.2, -0.15) is 0 Å². The van der Waals surface area contributed by atoms with Gasteiger partial charge in [-0.05, 0) is 48.4 Å². The van der Waals surface area contributed by atoms with Crippen molar-refractivity contribution in [2.75, 3.05) is 6.54 Å². The van der Waals surface area contributed by atoms with Crippen LogP contribution in [0.25, 0.3) is 0 Å². The van der Waals surface area contributed by atoms with E-state index in [9.17, 15) is 4.79 Å². The van der Waals surface area contributed by atoms with Crippen molar-refractivity contribution >= 4 is 5.78 Å². The van der Waals surface area contributed by atoms with Crippen molar-refractivity contribution < 1.29 is 4.79 Å². The number of nitrogens with one attached hydrogen (secondary N) is 1. The number of Topliss-reactive ketones (excluding diaryl/α,β-unsaturated/α-hetero) is 1. The summed E-state index contributed by atoms with van der Waals surface area (Å²) in [5, 5.41) is 3.19. The van der Waals surface area contributed by atoms with Crippen molar-refractivity contribution in [1.29, 1.82) is 0 Å². The number of ketones is 1. The van der Waals surface area contributed by atoms with Crippen LogP contribution in [0, 0.1) is 13.8 Å². The summed E-state index contributed by atoms with van der Waals surface area (Å²) in [5.74, 6) is 0.177. The maximum absolute atomic E-state index is 10.9. The molecular weight excluding hydrogens is 222 g/mol. The van der Waals surface area contributed by atoms with Gasteiger partial charge >= 0.3 is 0 Å². The van der Waals surface area contributed by atoms with E-state index >= 15 is 0 Å². The van der Waals surface area contributed by atoms with E-state index in [1.165, 1.54) is 22.3 Å². The van der Waals surface area contributed by atoms with Gasteiger partial charge in [0.25, 0.3) is 0 Å². The Balaban J connectivity index is 2.91. The minimum Gasteiger partial charge on any atom is -0.306 e. The molecule has 0 aromatic heterocycles. The molecule has 0 saturated carbocycles. The molecule has 0 aliphatic heterocycles. The Hall–Kier alpha value is -1.15. The van der Waals surface area contributed by atoms with Crippen molar-refractivity contribution in [3.8, 4) is 0 Å². The summed E-state index contributed by atoms with van der Waals surface area (Å²) >= 11 is 0. The predicted octanol–water partition coefficient (Wildman–Crippen LogP) is 3.28. The predicted molar refractivity (Wildman–Crippen MR) is 77.0 cm³/mol. The summed E-state index contributed by atoms with van der Waals surface area (Å²) in [6.07, 6.45) is 0. The highest BCUT2D eigenvalue weighted by atomic mass is 16.1. The number of aryl methyl sites for hydroxylation is 2. The molecular formula is C16H25NO. The zero-order valence-electron chi connectivity index (χ0n) is 12.5. The lowest BCUT2D eigenvalue weighted by atomic mass is 9.84. The SMILES string of the molecule is CC(=O)CNCc1c(C)cc(C(C)(C)C)cc1C. The average Bonchev–Trinajstić information content (AvgIpc) is 2.20. The van der Waals surface area contributed by atoms with E-state index in [2.05, 4.69) is 52.1 Å². The molecule has 0 spiro atoms. The monoisotopic (exact) mass is 247 g/mol. The fourth-order valence-corrected chi connectivity index (χ4v) is 2.07. The van der Waals surface area contributed by atoms with Gasteiger partial charge in [0.1, 0.15) is 5.78 Å². The molecule has 0 amide bonds. The van der Waals surface area contributed by atoms with Gasteiger partial charge in [0.2, 0.25) is 0 Å². The maximum Gasteiger partial charge on any atom is 0.143 e. The van der Waals surface area contributed by atoms with Crippen LogP contribution < -0.4 is 5.32 Å². The third kappa shape index (κ3) is 3.95. The summed E-state index contributed by atoms with van der Waals surface area (Å²) in [7, 11) is 0. The van der Waals surface area contributed by atoms with Crippen LogP contribution in [0.5, 0.6) is 0 Å². The van der Waals surface area contributed by atoms with E-state index in [1.54, 1.807) is 6.92 Å². The average molecular weight is 247 g/mol. The molecule has 0 radical (unpaired) electrons. The van der Waals surface area contributed by atoms with Crippen LogP contribution in [0.3, 0.4) is 0 Å². The molecule has 0 aliphatic rings. The summed E-state index contributed by atoms with van der Waals surface area (Å²) in [6.45, 7) is 13.8. The third-order valence-corrected chi connectivity index (χ3v) is 3.24. The molecule has 0 unspecified atom stereocenters. The van der Waals surface area contributed by atoms with E-state index in [4.69, 9.17) is 0 Å². The number of hydrogen-bond acceptors (Lipinski definition) is 2. The zero-order chi connectivity index (χ0) is 13.9. The molecule has 1 N–H and O–H groups in total. The van der Waals surface area contributed by atoms with Crippen molar-refractivity contribution in [2.45, 2.75) is 53.5 Å². The maximum atomic E-state index is 10.9. The first-order valence-corrected chi connectivity index (χ1v) is 6.52. The Labute approximate surface area is 111 Å². The molecule has 2 heteroatoms. The topological polar surface area (TPSA) is 29.1 Å². The summed E-state index contributed by atoms with van der Waals surface area (Å²) < 4.78 is 0. The van der Waals surface area contributed by atoms with Crippen molar-refractivity contribution in [3.63, 3.8) is 0 Å². The second-order valence-electron chi connectivity index (χ2n) is 6.14. The van der Waals surface area contributed by atoms with Gasteiger partial charge < -0.3 is 5.32 Å². The largest absolute Gasteiger partial charge is 0.306 e. The molecule has 1 aromatic carbocycles. The second-order valence-corrected chi connectivity index (χ2v) is 6.14. The quantitative estimate of drug-likeness (QED) is 0.884. The highest BCUT2D eigenvalue weighted by molar-refractivity contribution is 5.77. The molecule has 0 atom stereocenters. The molecule has 1 rings (SSSR count). The van der Waals surface area contributed by atoms with Crippen molar-refractivity contribution in [3.05, 3.63) is 34.4 Å². The Morgan fingerprint density at radius 3 is 2.06 bits per heavy atom. The lowest BCUT2D eigenvalue weighted by Crippen LogP contribution is -2.22. The zero-order valence-corrected chi connectivity index (χ0v) is 12.5. The van der Waals surface area contributed by atoms with E-state index in [0.717, 1.165) is 6.54 Å². The molecule has 0 fully saturated rings. The highest BCUT2D eigenvalue weighted by Gasteiger charge is 2.16. The highest BCUT2D eigenvalue weighted by Crippen LogP contribution is 2.26. The van der Waals surface area contributed by atoms with Crippen LogP contribution in [0.2, 0.25) is 0 Å². The number of benzene rings is 1. The van der Waals surface area contributed by atoms with Gasteiger partial charge in [0.15, 0.2) is 0 Å². The molecule has 0 bridgehead atoms. The van der Waals surface area contributed by atoms with E-state index in [1.807, 2.05) is 0 Å². The number of carbonyl (C=O) groups is 1. The minimum absolute atomic E-state index is 0.177. The summed E-state index contributed by atoms with van der Waals surface area (Å²) in [5.41, 5.74) is 5.46. The fourth-order valence-electron chi connectivity index (χ4n) is 2.07. The van der Waals surface area contributed by atoms with Gasteiger partial charge in [-0.15, -0.1) is 0 Å². The Morgan fingerprint density at radius 2 is 1.67 bits per heavy atom. The van der Waals surface area contributed by atoms with Crippen molar-refractivity contribution in [2.24, 2.45) is 0 Å². The van der Waals surface area contributed by atoms with Crippen molar-refractivity contribution in [1.82, 2.24) is 5.32 Å². The molecule has 18 heavy (non-hydrogen) atoms. The number of rotatable bonds is 4. The van der Waals surface area contributed by atoms with Gasteiger partial charge in [-0.1, -0.05) is 32.9 Å². The van der Waals surface area contributed by atoms with E-state index in [0.29, 0.717) is 6.54 Å². The van der Waals surface area contributed by atoms with Crippen LogP contribution in [-0.2, 0) is 16.8 Å². The molecule has 0 heterocycles. The Morgan fingerprint density at radius 1 is 1.17 bits per heavy atom. The molecule has 100 valence electrons. The summed E-state index contributed by atoms with van der Waals surface area (Å²) in [4.78, 5) is 10.9. The first-order valence-electron chi connectivity index (χ1n) is 6.52. The third-order valence-electron chi connectivity index (χ3n) is 3.24. The molecule has 0 aliphatic carbocycles. The lowest BCUT2D eigenvalue weighted by Gasteiger charge is -2.22. The van der Waals surface area contributed by atoms with Gasteiger partial charge in [0, 0.05) is 6.54 Å². The Bertz CT molecular complexity index is 418. The van der Waals surface area contributed by atoms with E-state index < -0.39 is 0 Å². The van der Waals surface area contributed by atoms with Gasteiger partial charge in [-0.25, -0.2) is 0 Å². The standard InChI is InChI=1S/C16H25NO/c1-11-7-14(16(4,5)6)8-12(2)15(11)10-17-9-13(3)18/h7-8,17H,9-10H2,1-6H3. The fraction of sp³-hybridized carbons (Fsp3) is 0.562. The first-order chi connectivity index (χ1) is 8.21. The first kappa shape index (κ1) is 14.9. The van der Waals surface area contributed by atoms with Crippen LogP contribution in [-0.4, -0.2) is 12.3 Å². The van der Waals surface area contributed by atoms with Gasteiger partial charge in [-0.3, -0.25) is 4.79 Å². The number of carbonyl (C=O) groups excluding carboxylic acids is 1. The molecule has 0 saturated heterocycles. The van der Waals surface area contributed by atoms with Crippen LogP contribution >= 0.6 is 0 Å². The van der Waals surface area contributed by atoms with Crippen LogP contribution in [0.4, 0.5) is 0 Å². The second kappa shape index (κ2) is 5.66. The normalized spacial score (nSPS) is 11.7. The van der Waals surface area contributed by atoms with Crippen LogP contribution in [0.1, 0.15) is 49.9 Å². The lowest BCUT2D eigenvalue weighted by molar-refractivity contribution is -0.116. The van der Waals surface area contributed by atoms with Crippen LogP contribution in [0.15, 0.2) is 12.1 Å². The van der Waals surface area contributed by atoms with Gasteiger partial charge in [0.05, 0.1) is 6.54 Å². The van der Waals surface area contributed by atoms with E-state index in [-0.39, 0.29) is 11.2 Å². The molecule has 1 aromatic rings. The molecule has 2 nitrogen and oxygen atoms in total. The smallest absolute Gasteiger partial charge is 0.143 e. The summed E-state index contributed by atoms with van der Waals surface area (Å²) in [6, 6.07) is 4.52. The Kier molecular flexibility index (Phi) is 4.69. The number of hydrogen-bond donors (Lipinski definition) is 1. The minimum atomic E-state index is 0.177.